The number of aryl methyl sites for hydroxylation is 1. The molecule has 5 aromatic heterocycles. The van der Waals surface area contributed by atoms with E-state index < -0.39 is 0 Å². The van der Waals surface area contributed by atoms with Crippen molar-refractivity contribution in [1.29, 1.82) is 0 Å². The Hall–Kier alpha value is -6.86. The van der Waals surface area contributed by atoms with Crippen LogP contribution in [0, 0.1) is 0 Å². The number of nitrogens with zero attached hydrogens (tertiary/aromatic N) is 3. The van der Waals surface area contributed by atoms with Gasteiger partial charge >= 0.3 is 0 Å². The van der Waals surface area contributed by atoms with E-state index in [9.17, 15) is 0 Å². The fourth-order valence-corrected chi connectivity index (χ4v) is 12.1. The monoisotopic (exact) mass is 792 g/mol. The molecule has 6 heterocycles. The molecule has 0 amide bonds. The van der Waals surface area contributed by atoms with Crippen LogP contribution in [0.5, 0.6) is 0 Å². The van der Waals surface area contributed by atoms with E-state index in [0.717, 1.165) is 19.4 Å². The van der Waals surface area contributed by atoms with Crippen molar-refractivity contribution in [2.24, 2.45) is 0 Å². The van der Waals surface area contributed by atoms with Gasteiger partial charge in [0.25, 0.3) is 0 Å². The molecule has 4 nitrogen and oxygen atoms in total. The second kappa shape index (κ2) is 12.8. The molecule has 0 radical (unpaired) electrons. The summed E-state index contributed by atoms with van der Waals surface area (Å²) in [6, 6.07) is 65.1. The maximum atomic E-state index is 3.63. The molecule has 0 spiro atoms. The third kappa shape index (κ3) is 5.00. The van der Waals surface area contributed by atoms with Crippen molar-refractivity contribution in [3.63, 3.8) is 0 Å². The number of hydrogen-bond donors (Lipinski definition) is 1. The first-order valence-corrected chi connectivity index (χ1v) is 22.0. The Balaban J connectivity index is 1.07. The summed E-state index contributed by atoms with van der Waals surface area (Å²) in [5.74, 6) is 0. The van der Waals surface area contributed by atoms with E-state index in [1.54, 1.807) is 0 Å². The molecule has 0 aliphatic carbocycles. The van der Waals surface area contributed by atoms with Gasteiger partial charge in [-0.3, -0.25) is 0 Å². The number of aromatic nitrogens is 3. The lowest BCUT2D eigenvalue weighted by Crippen LogP contribution is -2.12. The molecule has 59 heavy (non-hydrogen) atoms. The highest BCUT2D eigenvalue weighted by Crippen LogP contribution is 2.48. The third-order valence-electron chi connectivity index (χ3n) is 12.3. The van der Waals surface area contributed by atoms with Crippen molar-refractivity contribution in [2.75, 3.05) is 11.9 Å². The van der Waals surface area contributed by atoms with E-state index in [4.69, 9.17) is 0 Å². The summed E-state index contributed by atoms with van der Waals surface area (Å²) in [6.07, 6.45) is 2.24. The van der Waals surface area contributed by atoms with E-state index >= 15 is 0 Å². The highest BCUT2D eigenvalue weighted by Gasteiger charge is 2.23. The Morgan fingerprint density at radius 3 is 1.66 bits per heavy atom. The lowest BCUT2D eigenvalue weighted by atomic mass is 10.0. The van der Waals surface area contributed by atoms with Crippen molar-refractivity contribution >= 4 is 92.4 Å². The fourth-order valence-electron chi connectivity index (χ4n) is 9.66. The summed E-state index contributed by atoms with van der Waals surface area (Å²) in [5, 5.41) is 8.67. The van der Waals surface area contributed by atoms with Gasteiger partial charge in [0.05, 0.1) is 42.5 Å². The maximum Gasteiger partial charge on any atom is 0.0711 e. The van der Waals surface area contributed by atoms with Crippen LogP contribution in [-0.2, 0) is 6.42 Å². The predicted molar refractivity (Wildman–Crippen MR) is 253 cm³/mol. The number of thiophene rings is 2. The van der Waals surface area contributed by atoms with Crippen LogP contribution in [0.15, 0.2) is 176 Å². The summed E-state index contributed by atoms with van der Waals surface area (Å²) < 4.78 is 10.1. The van der Waals surface area contributed by atoms with Crippen LogP contribution in [0.3, 0.4) is 0 Å². The van der Waals surface area contributed by atoms with Crippen molar-refractivity contribution in [3.8, 4) is 37.9 Å². The molecule has 12 aromatic rings. The number of rotatable bonds is 5. The zero-order chi connectivity index (χ0) is 38.6. The normalized spacial score (nSPS) is 13.0. The molecule has 7 aromatic carbocycles. The minimum atomic E-state index is 1.03. The molecule has 0 atom stereocenters. The van der Waals surface area contributed by atoms with Crippen LogP contribution in [0.2, 0.25) is 0 Å². The molecule has 13 rings (SSSR count). The van der Waals surface area contributed by atoms with Crippen molar-refractivity contribution in [1.82, 2.24) is 13.7 Å². The maximum absolute atomic E-state index is 3.63. The molecule has 0 saturated heterocycles. The molecule has 1 N–H and O–H groups in total. The largest absolute Gasteiger partial charge is 0.385 e. The topological polar surface area (TPSA) is 26.8 Å². The van der Waals surface area contributed by atoms with Crippen molar-refractivity contribution in [3.05, 3.63) is 181 Å². The lowest BCUT2D eigenvalue weighted by molar-refractivity contribution is 0.829. The Kier molecular flexibility index (Phi) is 7.20. The van der Waals surface area contributed by atoms with Gasteiger partial charge in [0, 0.05) is 60.6 Å². The summed E-state index contributed by atoms with van der Waals surface area (Å²) >= 11 is 3.81. The Morgan fingerprint density at radius 1 is 0.390 bits per heavy atom. The first-order chi connectivity index (χ1) is 29.2. The van der Waals surface area contributed by atoms with Crippen LogP contribution in [-0.4, -0.2) is 20.2 Å². The van der Waals surface area contributed by atoms with Gasteiger partial charge in [-0.2, -0.15) is 0 Å². The summed E-state index contributed by atoms with van der Waals surface area (Å²) in [6.45, 7) is 1.03. The Bertz CT molecular complexity index is 3600. The highest BCUT2D eigenvalue weighted by atomic mass is 32.1. The molecular weight excluding hydrogens is 757 g/mol. The van der Waals surface area contributed by atoms with Gasteiger partial charge in [0.2, 0.25) is 0 Å². The molecule has 0 saturated carbocycles. The van der Waals surface area contributed by atoms with E-state index in [2.05, 4.69) is 195 Å². The van der Waals surface area contributed by atoms with E-state index in [-0.39, 0.29) is 0 Å². The smallest absolute Gasteiger partial charge is 0.0711 e. The average Bonchev–Trinajstić information content (AvgIpc) is 4.11. The second-order valence-corrected chi connectivity index (χ2v) is 17.8. The van der Waals surface area contributed by atoms with Gasteiger partial charge in [-0.15, -0.1) is 22.7 Å². The molecule has 0 bridgehead atoms. The molecule has 0 unspecified atom stereocenters. The van der Waals surface area contributed by atoms with Gasteiger partial charge in [-0.25, -0.2) is 0 Å². The minimum Gasteiger partial charge on any atom is -0.385 e. The zero-order valence-corrected chi connectivity index (χ0v) is 33.7. The van der Waals surface area contributed by atoms with Gasteiger partial charge in [0.1, 0.15) is 0 Å². The van der Waals surface area contributed by atoms with E-state index in [0.29, 0.717) is 0 Å². The quantitative estimate of drug-likeness (QED) is 0.185. The Labute approximate surface area is 348 Å². The Morgan fingerprint density at radius 2 is 0.949 bits per heavy atom. The van der Waals surface area contributed by atoms with Crippen LogP contribution < -0.4 is 5.32 Å². The molecule has 1 aliphatic heterocycles. The molecular formula is C53H36N4S2. The van der Waals surface area contributed by atoms with Crippen LogP contribution >= 0.6 is 22.7 Å². The second-order valence-electron chi connectivity index (χ2n) is 15.7. The van der Waals surface area contributed by atoms with Crippen LogP contribution in [0.25, 0.3) is 102 Å². The number of benzene rings is 7. The predicted octanol–water partition coefficient (Wildman–Crippen LogP) is 14.8. The first-order valence-electron chi connectivity index (χ1n) is 20.4. The van der Waals surface area contributed by atoms with Crippen molar-refractivity contribution in [2.45, 2.75) is 12.8 Å². The first kappa shape index (κ1) is 33.1. The molecule has 280 valence electrons. The lowest BCUT2D eigenvalue weighted by Gasteiger charge is -2.19. The number of fused-ring (bicyclic) bond motifs is 10. The van der Waals surface area contributed by atoms with Gasteiger partial charge in [0.15, 0.2) is 0 Å². The minimum absolute atomic E-state index is 1.03. The molecule has 6 heteroatoms. The van der Waals surface area contributed by atoms with E-state index in [1.165, 1.54) is 113 Å². The SMILES string of the molecule is c1ccc(-c2cc3c(s2)c2sc(-c4ccc5c(c4)c4cc6c(cc4n5-c4ccc5c(c4)CCCN5)c4ccccc4n6-c4ccccc4)cc2n3-c2ccccc2)cc1. The zero-order valence-electron chi connectivity index (χ0n) is 32.0. The molecule has 0 fully saturated rings. The number of nitrogens with one attached hydrogen (secondary N) is 1. The average molecular weight is 793 g/mol. The molecule has 1 aliphatic rings. The fraction of sp³-hybridized carbons (Fsp3) is 0.0566. The van der Waals surface area contributed by atoms with Crippen molar-refractivity contribution < 1.29 is 0 Å². The summed E-state index contributed by atoms with van der Waals surface area (Å²) in [4.78, 5) is 2.57. The van der Waals surface area contributed by atoms with Crippen LogP contribution in [0.1, 0.15) is 12.0 Å². The number of para-hydroxylation sites is 3. The van der Waals surface area contributed by atoms with Gasteiger partial charge in [-0.05, 0) is 114 Å². The third-order valence-corrected chi connectivity index (χ3v) is 14.8. The van der Waals surface area contributed by atoms with E-state index in [1.807, 2.05) is 22.7 Å². The van der Waals surface area contributed by atoms with Gasteiger partial charge < -0.3 is 19.0 Å². The standard InChI is InChI=1S/C53H36N4S2/c1-4-13-33(14-5-1)50-31-48-52(58-50)53-49(56(48)37-18-8-3-9-19-37)32-51(59-53)35-22-25-45-40(28-35)42-30-46-41(39-20-10-11-21-44(39)55(46)36-16-6-2-7-17-36)29-47(42)57(45)38-23-24-43-34(27-38)15-12-26-54-43/h1-11,13-14,16-25,27-32,54H,12,15,26H2. The number of hydrogen-bond acceptors (Lipinski definition) is 3. The van der Waals surface area contributed by atoms with Gasteiger partial charge in [-0.1, -0.05) is 91.0 Å². The van der Waals surface area contributed by atoms with Crippen LogP contribution in [0.4, 0.5) is 5.69 Å². The summed E-state index contributed by atoms with van der Waals surface area (Å²) in [5.41, 5.74) is 16.1. The number of anilines is 1. The highest BCUT2D eigenvalue weighted by molar-refractivity contribution is 7.30. The summed E-state index contributed by atoms with van der Waals surface area (Å²) in [7, 11) is 0.